The van der Waals surface area contributed by atoms with Crippen molar-refractivity contribution in [1.82, 2.24) is 10.2 Å². The minimum absolute atomic E-state index is 0.130. The van der Waals surface area contributed by atoms with Gasteiger partial charge in [-0.2, -0.15) is 13.2 Å². The van der Waals surface area contributed by atoms with Crippen molar-refractivity contribution in [2.45, 2.75) is 19.1 Å². The van der Waals surface area contributed by atoms with Crippen molar-refractivity contribution in [3.8, 4) is 0 Å². The molecule has 0 unspecified atom stereocenters. The Labute approximate surface area is 145 Å². The van der Waals surface area contributed by atoms with Crippen molar-refractivity contribution in [2.75, 3.05) is 20.1 Å². The number of likely N-dealkylation sites (N-methyl/N-ethyl adjacent to an activating group) is 1. The minimum atomic E-state index is -4.36. The Bertz CT molecular complexity index is 687. The second-order valence-corrected chi connectivity index (χ2v) is 5.96. The van der Waals surface area contributed by atoms with E-state index in [2.05, 4.69) is 5.32 Å². The molecule has 0 aliphatic carbocycles. The van der Waals surface area contributed by atoms with Crippen molar-refractivity contribution in [3.63, 3.8) is 0 Å². The number of hydrogen-bond acceptors (Lipinski definition) is 2. The van der Waals surface area contributed by atoms with Crippen LogP contribution in [-0.2, 0) is 23.9 Å². The highest BCUT2D eigenvalue weighted by atomic mass is 19.4. The third-order valence-electron chi connectivity index (χ3n) is 3.70. The second kappa shape index (κ2) is 8.67. The van der Waals surface area contributed by atoms with Crippen molar-refractivity contribution in [2.24, 2.45) is 0 Å². The Kier molecular flexibility index (Phi) is 6.58. The summed E-state index contributed by atoms with van der Waals surface area (Å²) in [5.41, 5.74) is 0.986. The summed E-state index contributed by atoms with van der Waals surface area (Å²) in [6.07, 6.45) is -3.62. The second-order valence-electron chi connectivity index (χ2n) is 5.96. The van der Waals surface area contributed by atoms with Gasteiger partial charge in [-0.3, -0.25) is 9.69 Å². The maximum Gasteiger partial charge on any atom is 0.416 e. The Balaban J connectivity index is 1.77. The standard InChI is InChI=1S/C19H21F3N2O/c1-24(13-16-8-5-9-17(12-16)19(20,21)22)14-18(25)23-11-10-15-6-3-2-4-7-15/h2-9,12H,10-11,13-14H2,1H3,(H,23,25). The summed E-state index contributed by atoms with van der Waals surface area (Å²) in [4.78, 5) is 13.6. The van der Waals surface area contributed by atoms with Gasteiger partial charge in [-0.25, -0.2) is 0 Å². The molecule has 2 aromatic rings. The summed E-state index contributed by atoms with van der Waals surface area (Å²) in [5.74, 6) is -0.148. The molecule has 0 bridgehead atoms. The monoisotopic (exact) mass is 350 g/mol. The first-order valence-electron chi connectivity index (χ1n) is 8.00. The summed E-state index contributed by atoms with van der Waals surface area (Å²) < 4.78 is 38.2. The predicted molar refractivity (Wildman–Crippen MR) is 90.9 cm³/mol. The molecule has 0 fully saturated rings. The van der Waals surface area contributed by atoms with Gasteiger partial charge in [-0.15, -0.1) is 0 Å². The molecule has 0 aliphatic rings. The molecular weight excluding hydrogens is 329 g/mol. The first-order chi connectivity index (χ1) is 11.8. The van der Waals surface area contributed by atoms with E-state index in [0.29, 0.717) is 12.1 Å². The first-order valence-corrected chi connectivity index (χ1v) is 8.00. The van der Waals surface area contributed by atoms with Crippen LogP contribution < -0.4 is 5.32 Å². The molecule has 0 saturated heterocycles. The zero-order valence-electron chi connectivity index (χ0n) is 14.0. The van der Waals surface area contributed by atoms with Crippen LogP contribution in [0.3, 0.4) is 0 Å². The molecule has 0 aliphatic heterocycles. The van der Waals surface area contributed by atoms with Crippen molar-refractivity contribution >= 4 is 5.91 Å². The molecule has 25 heavy (non-hydrogen) atoms. The Morgan fingerprint density at radius 1 is 1.04 bits per heavy atom. The fourth-order valence-corrected chi connectivity index (χ4v) is 2.51. The van der Waals surface area contributed by atoms with Crippen LogP contribution in [-0.4, -0.2) is 30.9 Å². The summed E-state index contributed by atoms with van der Waals surface area (Å²) in [5, 5.41) is 2.82. The van der Waals surface area contributed by atoms with E-state index in [1.54, 1.807) is 18.0 Å². The molecular formula is C19H21F3N2O. The number of nitrogens with one attached hydrogen (secondary N) is 1. The normalized spacial score (nSPS) is 11.6. The number of amides is 1. The van der Waals surface area contributed by atoms with Crippen LogP contribution in [0.4, 0.5) is 13.2 Å². The van der Waals surface area contributed by atoms with E-state index in [-0.39, 0.29) is 19.0 Å². The molecule has 0 saturated carbocycles. The van der Waals surface area contributed by atoms with Crippen LogP contribution in [0.15, 0.2) is 54.6 Å². The lowest BCUT2D eigenvalue weighted by Crippen LogP contribution is -2.35. The average molecular weight is 350 g/mol. The van der Waals surface area contributed by atoms with Gasteiger partial charge in [0.25, 0.3) is 0 Å². The lowest BCUT2D eigenvalue weighted by Gasteiger charge is -2.17. The van der Waals surface area contributed by atoms with Crippen LogP contribution in [0, 0.1) is 0 Å². The first kappa shape index (κ1) is 19.0. The lowest BCUT2D eigenvalue weighted by atomic mass is 10.1. The molecule has 1 amide bonds. The van der Waals surface area contributed by atoms with Crippen molar-refractivity contribution in [1.29, 1.82) is 0 Å². The van der Waals surface area contributed by atoms with Crippen LogP contribution in [0.25, 0.3) is 0 Å². The van der Waals surface area contributed by atoms with E-state index < -0.39 is 11.7 Å². The van der Waals surface area contributed by atoms with E-state index in [1.165, 1.54) is 6.07 Å². The van der Waals surface area contributed by atoms with Gasteiger partial charge in [-0.05, 0) is 30.7 Å². The number of alkyl halides is 3. The Morgan fingerprint density at radius 2 is 1.72 bits per heavy atom. The maximum atomic E-state index is 12.7. The highest BCUT2D eigenvalue weighted by Crippen LogP contribution is 2.29. The van der Waals surface area contributed by atoms with Crippen LogP contribution >= 0.6 is 0 Å². The predicted octanol–water partition coefficient (Wildman–Crippen LogP) is 3.50. The molecule has 2 aromatic carbocycles. The van der Waals surface area contributed by atoms with E-state index in [1.807, 2.05) is 30.3 Å². The fourth-order valence-electron chi connectivity index (χ4n) is 2.51. The number of carbonyl (C=O) groups is 1. The number of nitrogens with zero attached hydrogens (tertiary/aromatic N) is 1. The van der Waals surface area contributed by atoms with Crippen molar-refractivity contribution in [3.05, 3.63) is 71.3 Å². The highest BCUT2D eigenvalue weighted by molar-refractivity contribution is 5.77. The summed E-state index contributed by atoms with van der Waals surface area (Å²) in [7, 11) is 1.71. The Morgan fingerprint density at radius 3 is 2.40 bits per heavy atom. The topological polar surface area (TPSA) is 32.3 Å². The fraction of sp³-hybridized carbons (Fsp3) is 0.316. The molecule has 2 rings (SSSR count). The van der Waals surface area contributed by atoms with Gasteiger partial charge in [-0.1, -0.05) is 48.5 Å². The number of halogens is 3. The zero-order chi connectivity index (χ0) is 18.3. The Hall–Kier alpha value is -2.34. The molecule has 6 heteroatoms. The number of hydrogen-bond donors (Lipinski definition) is 1. The van der Waals surface area contributed by atoms with Crippen molar-refractivity contribution < 1.29 is 18.0 Å². The third-order valence-corrected chi connectivity index (χ3v) is 3.70. The SMILES string of the molecule is CN(CC(=O)NCCc1ccccc1)Cc1cccc(C(F)(F)F)c1. The van der Waals surface area contributed by atoms with Gasteiger partial charge in [0.05, 0.1) is 12.1 Å². The molecule has 3 nitrogen and oxygen atoms in total. The van der Waals surface area contributed by atoms with Gasteiger partial charge < -0.3 is 5.32 Å². The molecule has 0 spiro atoms. The van der Waals surface area contributed by atoms with Crippen LogP contribution in [0.5, 0.6) is 0 Å². The maximum absolute atomic E-state index is 12.7. The van der Waals surface area contributed by atoms with Gasteiger partial charge in [0.2, 0.25) is 5.91 Å². The quantitative estimate of drug-likeness (QED) is 0.829. The minimum Gasteiger partial charge on any atom is -0.355 e. The zero-order valence-corrected chi connectivity index (χ0v) is 14.0. The van der Waals surface area contributed by atoms with E-state index in [0.717, 1.165) is 24.1 Å². The third kappa shape index (κ3) is 6.58. The molecule has 0 heterocycles. The smallest absolute Gasteiger partial charge is 0.355 e. The number of rotatable bonds is 7. The summed E-state index contributed by atoms with van der Waals surface area (Å²) in [6.45, 7) is 0.932. The molecule has 134 valence electrons. The number of benzene rings is 2. The molecule has 1 N–H and O–H groups in total. The van der Waals surface area contributed by atoms with E-state index in [4.69, 9.17) is 0 Å². The lowest BCUT2D eigenvalue weighted by molar-refractivity contribution is -0.137. The van der Waals surface area contributed by atoms with Gasteiger partial charge in [0, 0.05) is 13.1 Å². The van der Waals surface area contributed by atoms with Crippen LogP contribution in [0.1, 0.15) is 16.7 Å². The summed E-state index contributed by atoms with van der Waals surface area (Å²) in [6, 6.07) is 15.0. The molecule has 0 aromatic heterocycles. The largest absolute Gasteiger partial charge is 0.416 e. The van der Waals surface area contributed by atoms with Gasteiger partial charge >= 0.3 is 6.18 Å². The van der Waals surface area contributed by atoms with Gasteiger partial charge in [0.15, 0.2) is 0 Å². The van der Waals surface area contributed by atoms with E-state index in [9.17, 15) is 18.0 Å². The van der Waals surface area contributed by atoms with Crippen LogP contribution in [0.2, 0.25) is 0 Å². The van der Waals surface area contributed by atoms with E-state index >= 15 is 0 Å². The average Bonchev–Trinajstić information content (AvgIpc) is 2.55. The summed E-state index contributed by atoms with van der Waals surface area (Å²) >= 11 is 0. The molecule has 0 radical (unpaired) electrons. The highest BCUT2D eigenvalue weighted by Gasteiger charge is 2.30. The van der Waals surface area contributed by atoms with Gasteiger partial charge in [0.1, 0.15) is 0 Å². The molecule has 0 atom stereocenters. The number of carbonyl (C=O) groups excluding carboxylic acids is 1.